The van der Waals surface area contributed by atoms with Crippen molar-refractivity contribution >= 4 is 32.3 Å². The van der Waals surface area contributed by atoms with Gasteiger partial charge in [0.15, 0.2) is 0 Å². The molecule has 0 atom stereocenters. The number of fused-ring (bicyclic) bond motifs is 3. The molecule has 0 heterocycles. The van der Waals surface area contributed by atoms with Crippen molar-refractivity contribution in [3.05, 3.63) is 199 Å². The van der Waals surface area contributed by atoms with E-state index in [1.54, 1.807) is 14.2 Å². The van der Waals surface area contributed by atoms with E-state index in [-0.39, 0.29) is 0 Å². The number of ether oxygens (including phenoxy) is 3. The molecule has 58 heavy (non-hydrogen) atoms. The van der Waals surface area contributed by atoms with E-state index in [0.717, 1.165) is 35.7 Å². The van der Waals surface area contributed by atoms with Gasteiger partial charge in [-0.3, -0.25) is 0 Å². The van der Waals surface area contributed by atoms with Crippen LogP contribution in [-0.4, -0.2) is 20.8 Å². The van der Waals surface area contributed by atoms with Gasteiger partial charge in [0.25, 0.3) is 0 Å². The van der Waals surface area contributed by atoms with Gasteiger partial charge in [-0.25, -0.2) is 0 Å². The topological polar surface area (TPSA) is 27.7 Å². The van der Waals surface area contributed by atoms with Crippen LogP contribution in [-0.2, 0) is 12.8 Å². The lowest BCUT2D eigenvalue weighted by Gasteiger charge is -2.11. The van der Waals surface area contributed by atoms with Crippen molar-refractivity contribution in [2.45, 2.75) is 26.7 Å². The number of rotatable bonds is 10. The Morgan fingerprint density at radius 2 is 0.914 bits per heavy atom. The van der Waals surface area contributed by atoms with Gasteiger partial charge in [0.2, 0.25) is 0 Å². The molecular formula is C55H48O3. The van der Waals surface area contributed by atoms with Crippen LogP contribution in [0.3, 0.4) is 0 Å². The van der Waals surface area contributed by atoms with Gasteiger partial charge in [-0.05, 0) is 132 Å². The molecule has 3 heteroatoms. The highest BCUT2D eigenvalue weighted by molar-refractivity contribution is 5.99. The Morgan fingerprint density at radius 1 is 0.397 bits per heavy atom. The van der Waals surface area contributed by atoms with Crippen LogP contribution < -0.4 is 14.2 Å². The van der Waals surface area contributed by atoms with E-state index < -0.39 is 0 Å². The average Bonchev–Trinajstić information content (AvgIpc) is 3.29. The molecule has 0 bridgehead atoms. The molecule has 0 radical (unpaired) electrons. The first-order valence-electron chi connectivity index (χ1n) is 20.0. The fraction of sp³-hybridized carbons (Fsp3) is 0.127. The van der Waals surface area contributed by atoms with E-state index in [9.17, 15) is 0 Å². The molecule has 0 aliphatic carbocycles. The first kappa shape index (κ1) is 38.1. The summed E-state index contributed by atoms with van der Waals surface area (Å²) in [6, 6.07) is 64.3. The summed E-state index contributed by atoms with van der Waals surface area (Å²) in [4.78, 5) is 0. The minimum atomic E-state index is 0.633. The quantitative estimate of drug-likeness (QED) is 0.139. The predicted molar refractivity (Wildman–Crippen MR) is 245 cm³/mol. The summed E-state index contributed by atoms with van der Waals surface area (Å²) in [5.41, 5.74) is 11.2. The molecule has 3 nitrogen and oxygen atoms in total. The Morgan fingerprint density at radius 3 is 1.53 bits per heavy atom. The SMILES string of the molecule is CCc1ccc2c(-c3ccc(OCCc4ccc5c(-c6cccc(OC)c6)cccc5c4)cc3)cccc2c1.COc1cccc(-c2cccc3c(C)cccc23)c1. The fourth-order valence-electron chi connectivity index (χ4n) is 7.86. The number of benzene rings is 9. The second-order valence-corrected chi connectivity index (χ2v) is 14.6. The molecular weight excluding hydrogens is 709 g/mol. The lowest BCUT2D eigenvalue weighted by molar-refractivity contribution is 0.322. The Labute approximate surface area is 342 Å². The van der Waals surface area contributed by atoms with E-state index in [4.69, 9.17) is 14.2 Å². The highest BCUT2D eigenvalue weighted by Crippen LogP contribution is 2.34. The smallest absolute Gasteiger partial charge is 0.119 e. The highest BCUT2D eigenvalue weighted by atomic mass is 16.5. The summed E-state index contributed by atoms with van der Waals surface area (Å²) in [6.45, 7) is 4.98. The molecule has 0 saturated heterocycles. The Balaban J connectivity index is 0.000000206. The van der Waals surface area contributed by atoms with Crippen LogP contribution >= 0.6 is 0 Å². The zero-order valence-electron chi connectivity index (χ0n) is 33.7. The number of hydrogen-bond acceptors (Lipinski definition) is 3. The summed E-state index contributed by atoms with van der Waals surface area (Å²) in [5.74, 6) is 2.66. The third-order valence-electron chi connectivity index (χ3n) is 11.0. The monoisotopic (exact) mass is 756 g/mol. The molecule has 286 valence electrons. The van der Waals surface area contributed by atoms with Crippen molar-refractivity contribution < 1.29 is 14.2 Å². The first-order valence-corrected chi connectivity index (χ1v) is 20.0. The minimum absolute atomic E-state index is 0.633. The molecule has 0 aliphatic rings. The minimum Gasteiger partial charge on any atom is -0.497 e. The number of methoxy groups -OCH3 is 2. The molecule has 0 aliphatic heterocycles. The van der Waals surface area contributed by atoms with Gasteiger partial charge in [-0.2, -0.15) is 0 Å². The highest BCUT2D eigenvalue weighted by Gasteiger charge is 2.09. The van der Waals surface area contributed by atoms with Crippen LogP contribution in [0.5, 0.6) is 17.2 Å². The molecule has 9 aromatic rings. The van der Waals surface area contributed by atoms with Crippen molar-refractivity contribution in [2.75, 3.05) is 20.8 Å². The summed E-state index contributed by atoms with van der Waals surface area (Å²) in [7, 11) is 3.41. The van der Waals surface area contributed by atoms with Gasteiger partial charge < -0.3 is 14.2 Å². The summed E-state index contributed by atoms with van der Waals surface area (Å²) >= 11 is 0. The van der Waals surface area contributed by atoms with Crippen molar-refractivity contribution in [3.8, 4) is 50.6 Å². The lowest BCUT2D eigenvalue weighted by atomic mass is 9.96. The van der Waals surface area contributed by atoms with Crippen LogP contribution in [0.1, 0.15) is 23.6 Å². The van der Waals surface area contributed by atoms with Gasteiger partial charge in [-0.1, -0.05) is 153 Å². The standard InChI is InChI=1S/C37H32O2.C18H16O/c1-3-26-13-19-36-29(23-26)8-5-11-34(36)28-15-17-32(18-16-28)39-22-21-27-14-20-37-30(24-27)9-6-12-35(37)31-7-4-10-33(25-31)38-2;1-13-6-3-11-18-16(13)9-5-10-17(18)14-7-4-8-15(12-14)19-2/h4-20,23-25H,3,21-22H2,1-2H3;3-12H,1-2H3. The maximum absolute atomic E-state index is 6.14. The molecule has 0 amide bonds. The third kappa shape index (κ3) is 8.31. The van der Waals surface area contributed by atoms with Crippen LogP contribution in [0.15, 0.2) is 182 Å². The summed E-state index contributed by atoms with van der Waals surface area (Å²) in [6.07, 6.45) is 1.90. The predicted octanol–water partition coefficient (Wildman–Crippen LogP) is 14.3. The zero-order valence-corrected chi connectivity index (χ0v) is 33.7. The van der Waals surface area contributed by atoms with Gasteiger partial charge in [0.05, 0.1) is 20.8 Å². The molecule has 9 aromatic carbocycles. The van der Waals surface area contributed by atoms with Gasteiger partial charge in [-0.15, -0.1) is 0 Å². The van der Waals surface area contributed by atoms with E-state index in [0.29, 0.717) is 6.61 Å². The third-order valence-corrected chi connectivity index (χ3v) is 11.0. The Kier molecular flexibility index (Phi) is 11.5. The maximum Gasteiger partial charge on any atom is 0.119 e. The number of aryl methyl sites for hydroxylation is 2. The van der Waals surface area contributed by atoms with Crippen LogP contribution in [0.25, 0.3) is 65.7 Å². The molecule has 0 unspecified atom stereocenters. The maximum atomic E-state index is 6.14. The van der Waals surface area contributed by atoms with E-state index in [2.05, 4.69) is 172 Å². The fourth-order valence-corrected chi connectivity index (χ4v) is 7.86. The molecule has 0 fully saturated rings. The van der Waals surface area contributed by atoms with Gasteiger partial charge >= 0.3 is 0 Å². The summed E-state index contributed by atoms with van der Waals surface area (Å²) < 4.78 is 16.9. The normalized spacial score (nSPS) is 11.0. The van der Waals surface area contributed by atoms with Gasteiger partial charge in [0, 0.05) is 6.42 Å². The summed E-state index contributed by atoms with van der Waals surface area (Å²) in [5, 5.41) is 7.65. The second-order valence-electron chi connectivity index (χ2n) is 14.6. The molecule has 0 saturated carbocycles. The van der Waals surface area contributed by atoms with E-state index in [1.165, 1.54) is 76.8 Å². The van der Waals surface area contributed by atoms with E-state index >= 15 is 0 Å². The molecule has 0 aromatic heterocycles. The largest absolute Gasteiger partial charge is 0.497 e. The van der Waals surface area contributed by atoms with Crippen molar-refractivity contribution in [2.24, 2.45) is 0 Å². The van der Waals surface area contributed by atoms with Gasteiger partial charge in [0.1, 0.15) is 17.2 Å². The molecule has 9 rings (SSSR count). The lowest BCUT2D eigenvalue weighted by Crippen LogP contribution is -2.01. The van der Waals surface area contributed by atoms with E-state index in [1.807, 2.05) is 24.3 Å². The number of hydrogen-bond donors (Lipinski definition) is 0. The van der Waals surface area contributed by atoms with Crippen molar-refractivity contribution in [1.82, 2.24) is 0 Å². The van der Waals surface area contributed by atoms with Crippen LogP contribution in [0, 0.1) is 6.92 Å². The van der Waals surface area contributed by atoms with Crippen LogP contribution in [0.4, 0.5) is 0 Å². The average molecular weight is 757 g/mol. The molecule has 0 N–H and O–H groups in total. The Bertz CT molecular complexity index is 2840. The van der Waals surface area contributed by atoms with Crippen LogP contribution in [0.2, 0.25) is 0 Å². The zero-order chi connectivity index (χ0) is 39.8. The molecule has 0 spiro atoms. The first-order chi connectivity index (χ1) is 28.5. The second kappa shape index (κ2) is 17.5. The van der Waals surface area contributed by atoms with Crippen molar-refractivity contribution in [3.63, 3.8) is 0 Å². The van der Waals surface area contributed by atoms with Crippen molar-refractivity contribution in [1.29, 1.82) is 0 Å². The Hall–Kier alpha value is -6.84.